The number of anilines is 2. The average Bonchev–Trinajstić information content (AvgIpc) is 2.62. The Hall–Kier alpha value is -2.77. The van der Waals surface area contributed by atoms with Crippen molar-refractivity contribution in [3.63, 3.8) is 0 Å². The SMILES string of the molecule is CC(=O)Nc1ccc(C(=O)NCCNC(=O)Nc2ccc(Cl)c(Cl)c2)cc1. The lowest BCUT2D eigenvalue weighted by atomic mass is 10.2. The van der Waals surface area contributed by atoms with Crippen LogP contribution in [0.4, 0.5) is 16.2 Å². The van der Waals surface area contributed by atoms with Gasteiger partial charge in [0.15, 0.2) is 0 Å². The summed E-state index contributed by atoms with van der Waals surface area (Å²) in [6.45, 7) is 1.90. The van der Waals surface area contributed by atoms with Gasteiger partial charge < -0.3 is 21.3 Å². The lowest BCUT2D eigenvalue weighted by Crippen LogP contribution is -2.36. The largest absolute Gasteiger partial charge is 0.350 e. The van der Waals surface area contributed by atoms with E-state index >= 15 is 0 Å². The van der Waals surface area contributed by atoms with Crippen molar-refractivity contribution in [3.05, 3.63) is 58.1 Å². The number of carbonyl (C=O) groups is 3. The molecule has 0 bridgehead atoms. The van der Waals surface area contributed by atoms with E-state index in [2.05, 4.69) is 21.3 Å². The van der Waals surface area contributed by atoms with Crippen LogP contribution in [0.25, 0.3) is 0 Å². The molecule has 2 rings (SSSR count). The van der Waals surface area contributed by atoms with Crippen LogP contribution in [0.3, 0.4) is 0 Å². The van der Waals surface area contributed by atoms with Gasteiger partial charge in [-0.3, -0.25) is 9.59 Å². The molecule has 2 aromatic carbocycles. The number of nitrogens with one attached hydrogen (secondary N) is 4. The van der Waals surface area contributed by atoms with E-state index < -0.39 is 6.03 Å². The number of rotatable bonds is 6. The zero-order chi connectivity index (χ0) is 19.8. The van der Waals surface area contributed by atoms with Crippen molar-refractivity contribution in [2.75, 3.05) is 23.7 Å². The lowest BCUT2D eigenvalue weighted by molar-refractivity contribution is -0.114. The van der Waals surface area contributed by atoms with Crippen LogP contribution in [0.2, 0.25) is 10.0 Å². The number of carbonyl (C=O) groups excluding carboxylic acids is 3. The highest BCUT2D eigenvalue weighted by Crippen LogP contribution is 2.24. The van der Waals surface area contributed by atoms with Crippen LogP contribution in [-0.4, -0.2) is 30.9 Å². The van der Waals surface area contributed by atoms with Crippen LogP contribution in [0.15, 0.2) is 42.5 Å². The third-order valence-corrected chi connectivity index (χ3v) is 4.08. The number of benzene rings is 2. The summed E-state index contributed by atoms with van der Waals surface area (Å²) in [7, 11) is 0. The Morgan fingerprint density at radius 1 is 0.815 bits per heavy atom. The zero-order valence-electron chi connectivity index (χ0n) is 14.4. The summed E-state index contributed by atoms with van der Waals surface area (Å²) in [5, 5.41) is 11.3. The molecule has 0 aliphatic carbocycles. The zero-order valence-corrected chi connectivity index (χ0v) is 15.9. The molecule has 0 saturated heterocycles. The fourth-order valence-corrected chi connectivity index (χ4v) is 2.41. The van der Waals surface area contributed by atoms with Gasteiger partial charge in [0, 0.05) is 37.0 Å². The van der Waals surface area contributed by atoms with Gasteiger partial charge >= 0.3 is 6.03 Å². The summed E-state index contributed by atoms with van der Waals surface area (Å²) in [4.78, 5) is 34.8. The molecule has 0 saturated carbocycles. The quantitative estimate of drug-likeness (QED) is 0.550. The number of hydrogen-bond donors (Lipinski definition) is 4. The molecule has 142 valence electrons. The molecule has 7 nitrogen and oxygen atoms in total. The van der Waals surface area contributed by atoms with E-state index in [0.717, 1.165) is 0 Å². The molecule has 0 aromatic heterocycles. The highest BCUT2D eigenvalue weighted by molar-refractivity contribution is 6.42. The van der Waals surface area contributed by atoms with Crippen LogP contribution in [0, 0.1) is 0 Å². The van der Waals surface area contributed by atoms with Crippen molar-refractivity contribution < 1.29 is 14.4 Å². The Labute approximate surface area is 166 Å². The summed E-state index contributed by atoms with van der Waals surface area (Å²) in [5.41, 5.74) is 1.56. The Balaban J connectivity index is 1.72. The van der Waals surface area contributed by atoms with E-state index in [9.17, 15) is 14.4 Å². The van der Waals surface area contributed by atoms with Crippen LogP contribution in [0.5, 0.6) is 0 Å². The van der Waals surface area contributed by atoms with Crippen LogP contribution in [0.1, 0.15) is 17.3 Å². The molecule has 0 aliphatic rings. The number of halogens is 2. The maximum Gasteiger partial charge on any atom is 0.319 e. The molecule has 0 heterocycles. The fraction of sp³-hybridized carbons (Fsp3) is 0.167. The number of urea groups is 1. The summed E-state index contributed by atoms with van der Waals surface area (Å²) >= 11 is 11.7. The van der Waals surface area contributed by atoms with E-state index in [1.807, 2.05) is 0 Å². The van der Waals surface area contributed by atoms with Crippen LogP contribution < -0.4 is 21.3 Å². The predicted molar refractivity (Wildman–Crippen MR) is 107 cm³/mol. The van der Waals surface area contributed by atoms with E-state index in [0.29, 0.717) is 27.0 Å². The van der Waals surface area contributed by atoms with E-state index in [1.54, 1.807) is 36.4 Å². The number of amides is 4. The van der Waals surface area contributed by atoms with Gasteiger partial charge in [-0.1, -0.05) is 23.2 Å². The Morgan fingerprint density at radius 2 is 1.44 bits per heavy atom. The minimum Gasteiger partial charge on any atom is -0.350 e. The molecule has 9 heteroatoms. The minimum atomic E-state index is -0.428. The first-order valence-corrected chi connectivity index (χ1v) is 8.76. The molecule has 0 radical (unpaired) electrons. The van der Waals surface area contributed by atoms with Gasteiger partial charge in [0.1, 0.15) is 0 Å². The van der Waals surface area contributed by atoms with Gasteiger partial charge in [-0.2, -0.15) is 0 Å². The first-order chi connectivity index (χ1) is 12.8. The second-order valence-corrected chi connectivity index (χ2v) is 6.34. The molecular formula is C18H18Cl2N4O3. The van der Waals surface area contributed by atoms with Crippen LogP contribution in [-0.2, 0) is 4.79 Å². The Kier molecular flexibility index (Phi) is 7.45. The molecule has 0 unspecified atom stereocenters. The maximum absolute atomic E-state index is 12.0. The second kappa shape index (κ2) is 9.80. The average molecular weight is 409 g/mol. The van der Waals surface area contributed by atoms with Crippen molar-refractivity contribution in [2.45, 2.75) is 6.92 Å². The van der Waals surface area contributed by atoms with Crippen molar-refractivity contribution in [3.8, 4) is 0 Å². The molecule has 0 spiro atoms. The molecule has 4 amide bonds. The predicted octanol–water partition coefficient (Wildman–Crippen LogP) is 3.50. The molecule has 0 atom stereocenters. The maximum atomic E-state index is 12.0. The molecule has 0 fully saturated rings. The third-order valence-electron chi connectivity index (χ3n) is 3.34. The summed E-state index contributed by atoms with van der Waals surface area (Å²) < 4.78 is 0. The van der Waals surface area contributed by atoms with E-state index in [-0.39, 0.29) is 24.9 Å². The van der Waals surface area contributed by atoms with Crippen molar-refractivity contribution in [1.29, 1.82) is 0 Å². The Bertz CT molecular complexity index is 841. The first kappa shape index (κ1) is 20.5. The Morgan fingerprint density at radius 3 is 2.07 bits per heavy atom. The minimum absolute atomic E-state index is 0.183. The van der Waals surface area contributed by atoms with Gasteiger partial charge in [-0.15, -0.1) is 0 Å². The van der Waals surface area contributed by atoms with Gasteiger partial charge in [0.25, 0.3) is 5.91 Å². The molecule has 27 heavy (non-hydrogen) atoms. The second-order valence-electron chi connectivity index (χ2n) is 5.52. The molecule has 4 N–H and O–H groups in total. The van der Waals surface area contributed by atoms with Crippen molar-refractivity contribution in [1.82, 2.24) is 10.6 Å². The summed E-state index contributed by atoms with van der Waals surface area (Å²) in [6.07, 6.45) is 0. The number of hydrogen-bond acceptors (Lipinski definition) is 3. The summed E-state index contributed by atoms with van der Waals surface area (Å²) in [5.74, 6) is -0.464. The normalized spacial score (nSPS) is 10.0. The molecule has 2 aromatic rings. The summed E-state index contributed by atoms with van der Waals surface area (Å²) in [6, 6.07) is 10.8. The van der Waals surface area contributed by atoms with Gasteiger partial charge in [-0.25, -0.2) is 4.79 Å². The lowest BCUT2D eigenvalue weighted by Gasteiger charge is -2.09. The fourth-order valence-electron chi connectivity index (χ4n) is 2.11. The third kappa shape index (κ3) is 6.80. The van der Waals surface area contributed by atoms with Crippen LogP contribution >= 0.6 is 23.2 Å². The highest BCUT2D eigenvalue weighted by Gasteiger charge is 2.07. The van der Waals surface area contributed by atoms with E-state index in [4.69, 9.17) is 23.2 Å². The molecular weight excluding hydrogens is 391 g/mol. The monoisotopic (exact) mass is 408 g/mol. The topological polar surface area (TPSA) is 99.3 Å². The van der Waals surface area contributed by atoms with Gasteiger partial charge in [0.05, 0.1) is 10.0 Å². The smallest absolute Gasteiger partial charge is 0.319 e. The standard InChI is InChI=1S/C18H18Cl2N4O3/c1-11(25)23-13-4-2-12(3-5-13)17(26)21-8-9-22-18(27)24-14-6-7-15(19)16(20)10-14/h2-7,10H,8-9H2,1H3,(H,21,26)(H,23,25)(H2,22,24,27). The molecule has 0 aliphatic heterocycles. The highest BCUT2D eigenvalue weighted by atomic mass is 35.5. The van der Waals surface area contributed by atoms with Crippen molar-refractivity contribution >= 4 is 52.4 Å². The van der Waals surface area contributed by atoms with Gasteiger partial charge in [-0.05, 0) is 42.5 Å². The first-order valence-electron chi connectivity index (χ1n) is 8.01. The van der Waals surface area contributed by atoms with Crippen molar-refractivity contribution in [2.24, 2.45) is 0 Å². The van der Waals surface area contributed by atoms with E-state index in [1.165, 1.54) is 13.0 Å². The van der Waals surface area contributed by atoms with Gasteiger partial charge in [0.2, 0.25) is 5.91 Å².